The minimum absolute atomic E-state index is 0.131. The van der Waals surface area contributed by atoms with Gasteiger partial charge in [0.2, 0.25) is 0 Å². The van der Waals surface area contributed by atoms with Gasteiger partial charge in [0, 0.05) is 12.7 Å². The summed E-state index contributed by atoms with van der Waals surface area (Å²) in [4.78, 5) is 3.43. The Balaban J connectivity index is 3.06. The van der Waals surface area contributed by atoms with Gasteiger partial charge in [-0.05, 0) is 24.6 Å². The quantitative estimate of drug-likeness (QED) is 0.817. The van der Waals surface area contributed by atoms with Gasteiger partial charge in [-0.25, -0.2) is 4.39 Å². The molecule has 0 saturated carbocycles. The number of halogens is 3. The zero-order valence-electron chi connectivity index (χ0n) is 7.67. The van der Waals surface area contributed by atoms with Gasteiger partial charge in [-0.2, -0.15) is 8.78 Å². The van der Waals surface area contributed by atoms with E-state index in [9.17, 15) is 13.2 Å². The standard InChI is InChI=1S/C9H11F3N2/c1-6(10)9(11,12)8-4-7(5-13)2-3-14-8/h2-4,6H,5,13H2,1H3. The van der Waals surface area contributed by atoms with Crippen molar-refractivity contribution in [3.63, 3.8) is 0 Å². The topological polar surface area (TPSA) is 38.9 Å². The Morgan fingerprint density at radius 1 is 1.57 bits per heavy atom. The van der Waals surface area contributed by atoms with Gasteiger partial charge in [0.15, 0.2) is 6.17 Å². The maximum absolute atomic E-state index is 13.1. The molecule has 1 rings (SSSR count). The van der Waals surface area contributed by atoms with Crippen LogP contribution in [-0.4, -0.2) is 11.2 Å². The SMILES string of the molecule is CC(F)C(F)(F)c1cc(CN)ccn1. The Morgan fingerprint density at radius 3 is 2.71 bits per heavy atom. The maximum Gasteiger partial charge on any atom is 0.319 e. The highest BCUT2D eigenvalue weighted by Gasteiger charge is 2.40. The van der Waals surface area contributed by atoms with E-state index in [4.69, 9.17) is 5.73 Å². The Kier molecular flexibility index (Phi) is 3.10. The molecule has 0 radical (unpaired) electrons. The lowest BCUT2D eigenvalue weighted by atomic mass is 10.1. The largest absolute Gasteiger partial charge is 0.326 e. The molecule has 78 valence electrons. The van der Waals surface area contributed by atoms with Crippen molar-refractivity contribution < 1.29 is 13.2 Å². The first-order chi connectivity index (χ1) is 6.48. The second-order valence-corrected chi connectivity index (χ2v) is 2.99. The molecule has 0 aliphatic heterocycles. The fourth-order valence-electron chi connectivity index (χ4n) is 0.987. The molecule has 5 heteroatoms. The van der Waals surface area contributed by atoms with Gasteiger partial charge in [0.1, 0.15) is 5.69 Å². The number of rotatable bonds is 3. The Labute approximate surface area is 79.9 Å². The number of nitrogens with zero attached hydrogens (tertiary/aromatic N) is 1. The third-order valence-electron chi connectivity index (χ3n) is 1.90. The highest BCUT2D eigenvalue weighted by Crippen LogP contribution is 2.32. The predicted octanol–water partition coefficient (Wildman–Crippen LogP) is 1.99. The van der Waals surface area contributed by atoms with Crippen LogP contribution in [0.4, 0.5) is 13.2 Å². The number of pyridine rings is 1. The van der Waals surface area contributed by atoms with Crippen LogP contribution in [0.2, 0.25) is 0 Å². The van der Waals surface area contributed by atoms with Crippen LogP contribution >= 0.6 is 0 Å². The first kappa shape index (κ1) is 11.0. The second-order valence-electron chi connectivity index (χ2n) is 2.99. The molecule has 2 nitrogen and oxygen atoms in total. The summed E-state index contributed by atoms with van der Waals surface area (Å²) in [6, 6.07) is 2.64. The summed E-state index contributed by atoms with van der Waals surface area (Å²) in [5, 5.41) is 0. The van der Waals surface area contributed by atoms with Crippen LogP contribution in [0.15, 0.2) is 18.3 Å². The van der Waals surface area contributed by atoms with Crippen molar-refractivity contribution in [3.05, 3.63) is 29.6 Å². The number of hydrogen-bond donors (Lipinski definition) is 1. The molecule has 0 saturated heterocycles. The van der Waals surface area contributed by atoms with E-state index in [1.807, 2.05) is 0 Å². The van der Waals surface area contributed by atoms with Crippen molar-refractivity contribution in [2.75, 3.05) is 0 Å². The van der Waals surface area contributed by atoms with Crippen LogP contribution < -0.4 is 5.73 Å². The van der Waals surface area contributed by atoms with Crippen molar-refractivity contribution in [1.82, 2.24) is 4.98 Å². The molecule has 1 heterocycles. The smallest absolute Gasteiger partial charge is 0.319 e. The summed E-state index contributed by atoms with van der Waals surface area (Å²) >= 11 is 0. The highest BCUT2D eigenvalue weighted by molar-refractivity contribution is 5.20. The van der Waals surface area contributed by atoms with E-state index in [0.717, 1.165) is 13.0 Å². The molecule has 0 aliphatic rings. The maximum atomic E-state index is 13.1. The number of nitrogens with two attached hydrogens (primary N) is 1. The molecule has 14 heavy (non-hydrogen) atoms. The normalized spacial score (nSPS) is 14.1. The van der Waals surface area contributed by atoms with E-state index in [-0.39, 0.29) is 6.54 Å². The van der Waals surface area contributed by atoms with Crippen LogP contribution in [0.3, 0.4) is 0 Å². The van der Waals surface area contributed by atoms with Gasteiger partial charge in [0.05, 0.1) is 0 Å². The third kappa shape index (κ3) is 2.04. The fourth-order valence-corrected chi connectivity index (χ4v) is 0.987. The van der Waals surface area contributed by atoms with Crippen LogP contribution in [0.5, 0.6) is 0 Å². The average molecular weight is 204 g/mol. The second kappa shape index (κ2) is 3.96. The molecule has 0 bridgehead atoms. The van der Waals surface area contributed by atoms with E-state index in [1.165, 1.54) is 12.3 Å². The summed E-state index contributed by atoms with van der Waals surface area (Å²) in [5.41, 5.74) is 5.21. The minimum atomic E-state index is -3.55. The van der Waals surface area contributed by atoms with Crippen molar-refractivity contribution in [3.8, 4) is 0 Å². The molecule has 0 aliphatic carbocycles. The first-order valence-electron chi connectivity index (χ1n) is 4.16. The van der Waals surface area contributed by atoms with Gasteiger partial charge >= 0.3 is 5.92 Å². The Bertz CT molecular complexity index is 313. The first-order valence-corrected chi connectivity index (χ1v) is 4.16. The molecule has 1 unspecified atom stereocenters. The molecule has 2 N–H and O–H groups in total. The van der Waals surface area contributed by atoms with Crippen LogP contribution in [-0.2, 0) is 12.5 Å². The van der Waals surface area contributed by atoms with Crippen molar-refractivity contribution in [2.45, 2.75) is 25.6 Å². The third-order valence-corrected chi connectivity index (χ3v) is 1.90. The van der Waals surface area contributed by atoms with E-state index in [0.29, 0.717) is 5.56 Å². The van der Waals surface area contributed by atoms with Crippen molar-refractivity contribution in [1.29, 1.82) is 0 Å². The number of hydrogen-bond acceptors (Lipinski definition) is 2. The van der Waals surface area contributed by atoms with E-state index >= 15 is 0 Å². The molecule has 0 aromatic carbocycles. The highest BCUT2D eigenvalue weighted by atomic mass is 19.3. The molecule has 0 spiro atoms. The lowest BCUT2D eigenvalue weighted by molar-refractivity contribution is -0.0749. The summed E-state index contributed by atoms with van der Waals surface area (Å²) in [6.45, 7) is 0.934. The van der Waals surface area contributed by atoms with Gasteiger partial charge in [0.25, 0.3) is 0 Å². The lowest BCUT2D eigenvalue weighted by Crippen LogP contribution is -2.26. The summed E-state index contributed by atoms with van der Waals surface area (Å²) in [6.07, 6.45) is -1.06. The minimum Gasteiger partial charge on any atom is -0.326 e. The average Bonchev–Trinajstić information content (AvgIpc) is 2.17. The fraction of sp³-hybridized carbons (Fsp3) is 0.444. The van der Waals surface area contributed by atoms with Crippen molar-refractivity contribution >= 4 is 0 Å². The Morgan fingerprint density at radius 2 is 2.21 bits per heavy atom. The van der Waals surface area contributed by atoms with Crippen molar-refractivity contribution in [2.24, 2.45) is 5.73 Å². The summed E-state index contributed by atoms with van der Waals surface area (Å²) < 4.78 is 38.8. The van der Waals surface area contributed by atoms with Gasteiger partial charge in [-0.1, -0.05) is 0 Å². The van der Waals surface area contributed by atoms with Crippen LogP contribution in [0, 0.1) is 0 Å². The van der Waals surface area contributed by atoms with Gasteiger partial charge in [-0.15, -0.1) is 0 Å². The molecule has 1 aromatic heterocycles. The summed E-state index contributed by atoms with van der Waals surface area (Å²) in [5.74, 6) is -3.55. The summed E-state index contributed by atoms with van der Waals surface area (Å²) in [7, 11) is 0. The zero-order valence-corrected chi connectivity index (χ0v) is 7.67. The van der Waals surface area contributed by atoms with E-state index in [2.05, 4.69) is 4.98 Å². The van der Waals surface area contributed by atoms with E-state index < -0.39 is 17.8 Å². The number of aromatic nitrogens is 1. The van der Waals surface area contributed by atoms with Crippen LogP contribution in [0.1, 0.15) is 18.2 Å². The van der Waals surface area contributed by atoms with Gasteiger partial charge < -0.3 is 5.73 Å². The lowest BCUT2D eigenvalue weighted by Gasteiger charge is -2.17. The predicted molar refractivity (Wildman–Crippen MR) is 46.6 cm³/mol. The van der Waals surface area contributed by atoms with Gasteiger partial charge in [-0.3, -0.25) is 4.98 Å². The van der Waals surface area contributed by atoms with Crippen LogP contribution in [0.25, 0.3) is 0 Å². The molecule has 0 amide bonds. The molecular formula is C9H11F3N2. The Hall–Kier alpha value is -1.10. The molecule has 1 atom stereocenters. The monoisotopic (exact) mass is 204 g/mol. The number of alkyl halides is 3. The molecule has 0 fully saturated rings. The zero-order chi connectivity index (χ0) is 10.8. The molecular weight excluding hydrogens is 193 g/mol. The molecule has 1 aromatic rings. The van der Waals surface area contributed by atoms with E-state index in [1.54, 1.807) is 0 Å².